The van der Waals surface area contributed by atoms with Crippen molar-refractivity contribution in [2.24, 2.45) is 4.99 Å². The molecule has 0 aliphatic carbocycles. The van der Waals surface area contributed by atoms with E-state index in [0.717, 1.165) is 30.2 Å². The summed E-state index contributed by atoms with van der Waals surface area (Å²) < 4.78 is 5.27. The molecule has 0 atom stereocenters. The normalized spacial score (nSPS) is 10.9. The molecular formula is C14H18ClIN4O. The van der Waals surface area contributed by atoms with Gasteiger partial charge < -0.3 is 15.1 Å². The Bertz CT molecular complexity index is 543. The van der Waals surface area contributed by atoms with Crippen LogP contribution < -0.4 is 10.6 Å². The molecule has 2 aromatic rings. The Hall–Kier alpha value is -1.28. The predicted octanol–water partition coefficient (Wildman–Crippen LogP) is 2.85. The van der Waals surface area contributed by atoms with Gasteiger partial charge in [-0.1, -0.05) is 17.7 Å². The van der Waals surface area contributed by atoms with E-state index in [4.69, 9.17) is 16.0 Å². The molecule has 2 aromatic heterocycles. The van der Waals surface area contributed by atoms with Gasteiger partial charge in [0.15, 0.2) is 5.96 Å². The van der Waals surface area contributed by atoms with Gasteiger partial charge in [-0.2, -0.15) is 0 Å². The van der Waals surface area contributed by atoms with Crippen LogP contribution in [-0.4, -0.2) is 24.5 Å². The van der Waals surface area contributed by atoms with E-state index in [1.165, 1.54) is 0 Å². The number of aliphatic imine (C=N–C) groups is 1. The summed E-state index contributed by atoms with van der Waals surface area (Å²) in [5.41, 5.74) is 1.04. The van der Waals surface area contributed by atoms with Crippen LogP contribution in [0.4, 0.5) is 0 Å². The second-order valence-corrected chi connectivity index (χ2v) is 4.56. The number of furan rings is 1. The maximum absolute atomic E-state index is 5.74. The lowest BCUT2D eigenvalue weighted by Gasteiger charge is -2.11. The third-order valence-electron chi connectivity index (χ3n) is 2.72. The van der Waals surface area contributed by atoms with E-state index < -0.39 is 0 Å². The van der Waals surface area contributed by atoms with Crippen LogP contribution in [0.3, 0.4) is 0 Å². The standard InChI is InChI=1S/C14H17ClN4O.HI/c1-16-14(17-7-6-12-3-2-8-20-12)19-10-11-4-5-13(15)18-9-11;/h2-5,8-9H,6-7,10H2,1H3,(H2,16,17,19);1H. The summed E-state index contributed by atoms with van der Waals surface area (Å²) in [6, 6.07) is 7.54. The molecule has 0 saturated carbocycles. The van der Waals surface area contributed by atoms with E-state index >= 15 is 0 Å². The van der Waals surface area contributed by atoms with Gasteiger partial charge in [0.2, 0.25) is 0 Å². The van der Waals surface area contributed by atoms with E-state index in [0.29, 0.717) is 11.7 Å². The SMILES string of the molecule is CN=C(NCCc1ccco1)NCc1ccc(Cl)nc1.I. The second-order valence-electron chi connectivity index (χ2n) is 4.17. The molecule has 0 unspecified atom stereocenters. The molecule has 0 spiro atoms. The summed E-state index contributed by atoms with van der Waals surface area (Å²) >= 11 is 5.74. The van der Waals surface area contributed by atoms with Crippen molar-refractivity contribution in [3.8, 4) is 0 Å². The number of aromatic nitrogens is 1. The molecule has 0 aromatic carbocycles. The molecule has 0 fully saturated rings. The minimum Gasteiger partial charge on any atom is -0.469 e. The lowest BCUT2D eigenvalue weighted by atomic mass is 10.3. The Morgan fingerprint density at radius 3 is 2.81 bits per heavy atom. The molecule has 0 aliphatic rings. The van der Waals surface area contributed by atoms with Crippen LogP contribution in [0.25, 0.3) is 0 Å². The zero-order valence-corrected chi connectivity index (χ0v) is 14.8. The third-order valence-corrected chi connectivity index (χ3v) is 2.94. The number of rotatable bonds is 5. The number of pyridine rings is 1. The first-order valence-corrected chi connectivity index (χ1v) is 6.73. The summed E-state index contributed by atoms with van der Waals surface area (Å²) in [5, 5.41) is 6.93. The second kappa shape index (κ2) is 9.62. The maximum atomic E-state index is 5.74. The van der Waals surface area contributed by atoms with Gasteiger partial charge in [0.25, 0.3) is 0 Å². The number of hydrogen-bond donors (Lipinski definition) is 2. The average molecular weight is 421 g/mol. The number of guanidine groups is 1. The van der Waals surface area contributed by atoms with Gasteiger partial charge in [-0.25, -0.2) is 4.98 Å². The summed E-state index contributed by atoms with van der Waals surface area (Å²) in [4.78, 5) is 8.19. The first kappa shape index (κ1) is 17.8. The van der Waals surface area contributed by atoms with Crippen LogP contribution in [-0.2, 0) is 13.0 Å². The van der Waals surface area contributed by atoms with Gasteiger partial charge in [0, 0.05) is 32.8 Å². The minimum atomic E-state index is 0. The van der Waals surface area contributed by atoms with Crippen LogP contribution in [0.1, 0.15) is 11.3 Å². The molecule has 5 nitrogen and oxygen atoms in total. The predicted molar refractivity (Wildman–Crippen MR) is 95.3 cm³/mol. The van der Waals surface area contributed by atoms with Crippen molar-refractivity contribution in [1.29, 1.82) is 0 Å². The highest BCUT2D eigenvalue weighted by atomic mass is 127. The fourth-order valence-electron chi connectivity index (χ4n) is 1.68. The highest BCUT2D eigenvalue weighted by Crippen LogP contribution is 2.04. The van der Waals surface area contributed by atoms with E-state index in [2.05, 4.69) is 20.6 Å². The fourth-order valence-corrected chi connectivity index (χ4v) is 1.79. The monoisotopic (exact) mass is 420 g/mol. The average Bonchev–Trinajstić information content (AvgIpc) is 2.97. The Morgan fingerprint density at radius 2 is 2.19 bits per heavy atom. The zero-order valence-electron chi connectivity index (χ0n) is 11.7. The molecule has 7 heteroatoms. The zero-order chi connectivity index (χ0) is 14.2. The lowest BCUT2D eigenvalue weighted by Crippen LogP contribution is -2.37. The van der Waals surface area contributed by atoms with Gasteiger partial charge in [-0.05, 0) is 23.8 Å². The number of nitrogens with one attached hydrogen (secondary N) is 2. The van der Waals surface area contributed by atoms with Crippen LogP contribution in [0, 0.1) is 0 Å². The number of nitrogens with zero attached hydrogens (tertiary/aromatic N) is 2. The fraction of sp³-hybridized carbons (Fsp3) is 0.286. The van der Waals surface area contributed by atoms with Crippen molar-refractivity contribution < 1.29 is 4.42 Å². The summed E-state index contributed by atoms with van der Waals surface area (Å²) in [6.07, 6.45) is 4.23. The number of halogens is 2. The molecule has 2 rings (SSSR count). The van der Waals surface area contributed by atoms with Crippen LogP contribution in [0.5, 0.6) is 0 Å². The highest BCUT2D eigenvalue weighted by Gasteiger charge is 2.00. The maximum Gasteiger partial charge on any atom is 0.191 e. The van der Waals surface area contributed by atoms with Crippen molar-refractivity contribution in [3.05, 3.63) is 53.2 Å². The van der Waals surface area contributed by atoms with Gasteiger partial charge >= 0.3 is 0 Å². The van der Waals surface area contributed by atoms with Crippen molar-refractivity contribution in [3.63, 3.8) is 0 Å². The first-order chi connectivity index (χ1) is 9.78. The molecule has 0 bridgehead atoms. The van der Waals surface area contributed by atoms with E-state index in [-0.39, 0.29) is 24.0 Å². The highest BCUT2D eigenvalue weighted by molar-refractivity contribution is 14.0. The Kier molecular flexibility index (Phi) is 8.14. The lowest BCUT2D eigenvalue weighted by molar-refractivity contribution is 0.507. The Labute approximate surface area is 146 Å². The molecule has 0 amide bonds. The Balaban J connectivity index is 0.00000220. The molecule has 0 aliphatic heterocycles. The van der Waals surface area contributed by atoms with E-state index in [1.54, 1.807) is 25.6 Å². The van der Waals surface area contributed by atoms with Gasteiger partial charge in [-0.15, -0.1) is 24.0 Å². The molecule has 2 N–H and O–H groups in total. The third kappa shape index (κ3) is 6.34. The van der Waals surface area contributed by atoms with Crippen LogP contribution >= 0.6 is 35.6 Å². The van der Waals surface area contributed by atoms with E-state index in [9.17, 15) is 0 Å². The smallest absolute Gasteiger partial charge is 0.191 e. The largest absolute Gasteiger partial charge is 0.469 e. The summed E-state index contributed by atoms with van der Waals surface area (Å²) in [6.45, 7) is 1.40. The summed E-state index contributed by atoms with van der Waals surface area (Å²) in [7, 11) is 1.74. The quantitative estimate of drug-likeness (QED) is 0.338. The number of hydrogen-bond acceptors (Lipinski definition) is 3. The topological polar surface area (TPSA) is 62.5 Å². The molecule has 2 heterocycles. The Morgan fingerprint density at radius 1 is 1.33 bits per heavy atom. The molecule has 21 heavy (non-hydrogen) atoms. The molecular weight excluding hydrogens is 403 g/mol. The molecule has 114 valence electrons. The van der Waals surface area contributed by atoms with Gasteiger partial charge in [-0.3, -0.25) is 4.99 Å². The summed E-state index contributed by atoms with van der Waals surface area (Å²) in [5.74, 6) is 1.70. The van der Waals surface area contributed by atoms with Gasteiger partial charge in [0.05, 0.1) is 6.26 Å². The molecule has 0 radical (unpaired) electrons. The van der Waals surface area contributed by atoms with Crippen LogP contribution in [0.15, 0.2) is 46.1 Å². The van der Waals surface area contributed by atoms with Crippen molar-refractivity contribution in [2.75, 3.05) is 13.6 Å². The van der Waals surface area contributed by atoms with Crippen molar-refractivity contribution in [2.45, 2.75) is 13.0 Å². The minimum absolute atomic E-state index is 0. The van der Waals surface area contributed by atoms with Crippen LogP contribution in [0.2, 0.25) is 5.15 Å². The molecule has 0 saturated heterocycles. The van der Waals surface area contributed by atoms with Crippen molar-refractivity contribution in [1.82, 2.24) is 15.6 Å². The van der Waals surface area contributed by atoms with E-state index in [1.807, 2.05) is 18.2 Å². The first-order valence-electron chi connectivity index (χ1n) is 6.35. The van der Waals surface area contributed by atoms with Crippen molar-refractivity contribution >= 4 is 41.5 Å². The van der Waals surface area contributed by atoms with Gasteiger partial charge in [0.1, 0.15) is 10.9 Å².